The van der Waals surface area contributed by atoms with Gasteiger partial charge in [0.2, 0.25) is 0 Å². The van der Waals surface area contributed by atoms with Gasteiger partial charge < -0.3 is 19.9 Å². The summed E-state index contributed by atoms with van der Waals surface area (Å²) in [6.45, 7) is 4.53. The molecule has 1 unspecified atom stereocenters. The molecule has 1 aromatic heterocycles. The van der Waals surface area contributed by atoms with Crippen molar-refractivity contribution in [3.05, 3.63) is 46.8 Å². The minimum Gasteiger partial charge on any atom is -0.487 e. The molecule has 2 aromatic rings. The first-order valence-corrected chi connectivity index (χ1v) is 9.77. The highest BCUT2D eigenvalue weighted by Gasteiger charge is 2.43. The number of aromatic nitrogens is 1. The maximum atomic E-state index is 6.46. The Labute approximate surface area is 183 Å². The fourth-order valence-corrected chi connectivity index (χ4v) is 4.36. The number of fused-ring (bicyclic) bond motifs is 1. The van der Waals surface area contributed by atoms with Crippen LogP contribution < -0.4 is 15.4 Å². The monoisotopic (exact) mass is 496 g/mol. The van der Waals surface area contributed by atoms with Gasteiger partial charge in [-0.15, -0.1) is 24.0 Å². The molecule has 0 bridgehead atoms. The number of guanidine groups is 1. The predicted octanol–water partition coefficient (Wildman–Crippen LogP) is 4.41. The Hall–Kier alpha value is -1.77. The van der Waals surface area contributed by atoms with Gasteiger partial charge in [0, 0.05) is 31.1 Å². The zero-order valence-corrected chi connectivity index (χ0v) is 19.1. The third-order valence-electron chi connectivity index (χ3n) is 5.86. The van der Waals surface area contributed by atoms with Crippen LogP contribution in [0.25, 0.3) is 0 Å². The van der Waals surface area contributed by atoms with E-state index in [2.05, 4.69) is 39.0 Å². The van der Waals surface area contributed by atoms with E-state index in [-0.39, 0.29) is 35.6 Å². The van der Waals surface area contributed by atoms with Crippen molar-refractivity contribution >= 4 is 29.9 Å². The van der Waals surface area contributed by atoms with E-state index in [4.69, 9.17) is 9.26 Å². The summed E-state index contributed by atoms with van der Waals surface area (Å²) in [7, 11) is 1.80. The normalized spacial score (nSPS) is 20.2. The van der Waals surface area contributed by atoms with Gasteiger partial charge in [0.15, 0.2) is 5.96 Å². The molecule has 2 aliphatic rings. The van der Waals surface area contributed by atoms with Crippen LogP contribution >= 0.6 is 24.0 Å². The SMILES string of the molecule is CN=C(NCc1c(C)noc1C)NC1CC2(CCCC2)Oc2ccccc21.I. The van der Waals surface area contributed by atoms with Gasteiger partial charge in [-0.3, -0.25) is 4.99 Å². The van der Waals surface area contributed by atoms with E-state index in [1.165, 1.54) is 18.4 Å². The smallest absolute Gasteiger partial charge is 0.191 e. The highest BCUT2D eigenvalue weighted by molar-refractivity contribution is 14.0. The van der Waals surface area contributed by atoms with E-state index in [1.54, 1.807) is 7.05 Å². The molecule has 1 spiro atoms. The van der Waals surface area contributed by atoms with Gasteiger partial charge in [-0.05, 0) is 45.6 Å². The Bertz CT molecular complexity index is 823. The molecular weight excluding hydrogens is 467 g/mol. The van der Waals surface area contributed by atoms with Crippen molar-refractivity contribution in [1.29, 1.82) is 0 Å². The summed E-state index contributed by atoms with van der Waals surface area (Å²) in [6, 6.07) is 8.54. The van der Waals surface area contributed by atoms with Gasteiger partial charge in [0.1, 0.15) is 17.1 Å². The Balaban J connectivity index is 0.00000225. The summed E-state index contributed by atoms with van der Waals surface area (Å²) in [4.78, 5) is 4.43. The first-order chi connectivity index (χ1) is 13.1. The largest absolute Gasteiger partial charge is 0.487 e. The van der Waals surface area contributed by atoms with Crippen LogP contribution in [0.1, 0.15) is 60.7 Å². The number of ether oxygens (including phenoxy) is 1. The Morgan fingerprint density at radius 2 is 2.00 bits per heavy atom. The number of para-hydroxylation sites is 1. The molecule has 28 heavy (non-hydrogen) atoms. The van der Waals surface area contributed by atoms with E-state index in [0.717, 1.165) is 48.0 Å². The first-order valence-electron chi connectivity index (χ1n) is 9.77. The van der Waals surface area contributed by atoms with Crippen molar-refractivity contribution in [2.24, 2.45) is 4.99 Å². The number of halogens is 1. The van der Waals surface area contributed by atoms with Crippen molar-refractivity contribution in [3.8, 4) is 5.75 Å². The van der Waals surface area contributed by atoms with Gasteiger partial charge in [-0.1, -0.05) is 23.4 Å². The lowest BCUT2D eigenvalue weighted by Gasteiger charge is -2.40. The Kier molecular flexibility index (Phi) is 6.52. The predicted molar refractivity (Wildman–Crippen MR) is 120 cm³/mol. The van der Waals surface area contributed by atoms with Crippen molar-refractivity contribution in [2.75, 3.05) is 7.05 Å². The second-order valence-electron chi connectivity index (χ2n) is 7.66. The summed E-state index contributed by atoms with van der Waals surface area (Å²) < 4.78 is 11.7. The number of benzene rings is 1. The molecule has 1 aliphatic heterocycles. The number of rotatable bonds is 3. The minimum atomic E-state index is -0.0352. The van der Waals surface area contributed by atoms with Crippen molar-refractivity contribution in [2.45, 2.75) is 64.1 Å². The third-order valence-corrected chi connectivity index (χ3v) is 5.86. The minimum absolute atomic E-state index is 0. The van der Waals surface area contributed by atoms with Gasteiger partial charge in [0.25, 0.3) is 0 Å². The molecule has 2 N–H and O–H groups in total. The van der Waals surface area contributed by atoms with Crippen molar-refractivity contribution < 1.29 is 9.26 Å². The molecular formula is C21H29IN4O2. The Morgan fingerprint density at radius 3 is 2.68 bits per heavy atom. The van der Waals surface area contributed by atoms with Crippen molar-refractivity contribution in [1.82, 2.24) is 15.8 Å². The van der Waals surface area contributed by atoms with Gasteiger partial charge >= 0.3 is 0 Å². The lowest BCUT2D eigenvalue weighted by Crippen LogP contribution is -2.46. The fourth-order valence-electron chi connectivity index (χ4n) is 4.36. The maximum absolute atomic E-state index is 6.46. The molecule has 1 atom stereocenters. The molecule has 4 rings (SSSR count). The van der Waals surface area contributed by atoms with Gasteiger partial charge in [0.05, 0.1) is 11.7 Å². The van der Waals surface area contributed by atoms with Crippen LogP contribution in [-0.4, -0.2) is 23.8 Å². The lowest BCUT2D eigenvalue weighted by atomic mass is 9.86. The van der Waals surface area contributed by atoms with Crippen LogP contribution in [0.2, 0.25) is 0 Å². The second kappa shape index (κ2) is 8.71. The number of nitrogens with one attached hydrogen (secondary N) is 2. The third kappa shape index (κ3) is 4.14. The molecule has 0 saturated heterocycles. The van der Waals surface area contributed by atoms with E-state index in [9.17, 15) is 0 Å². The standard InChI is InChI=1S/C21H28N4O2.HI/c1-14-17(15(2)27-25-14)13-23-20(22-3)24-18-12-21(10-6-7-11-21)26-19-9-5-4-8-16(18)19;/h4-5,8-9,18H,6-7,10-13H2,1-3H3,(H2,22,23,24);1H. The lowest BCUT2D eigenvalue weighted by molar-refractivity contribution is 0.0396. The van der Waals surface area contributed by atoms with Gasteiger partial charge in [-0.25, -0.2) is 0 Å². The average Bonchev–Trinajstić information content (AvgIpc) is 3.25. The second-order valence-corrected chi connectivity index (χ2v) is 7.66. The quantitative estimate of drug-likeness (QED) is 0.374. The van der Waals surface area contributed by atoms with Gasteiger partial charge in [-0.2, -0.15) is 0 Å². The van der Waals surface area contributed by atoms with Crippen LogP contribution in [-0.2, 0) is 6.54 Å². The maximum Gasteiger partial charge on any atom is 0.191 e. The van der Waals surface area contributed by atoms with E-state index in [0.29, 0.717) is 6.54 Å². The van der Waals surface area contributed by atoms with E-state index >= 15 is 0 Å². The summed E-state index contributed by atoms with van der Waals surface area (Å²) >= 11 is 0. The summed E-state index contributed by atoms with van der Waals surface area (Å²) in [5.41, 5.74) is 3.16. The van der Waals surface area contributed by atoms with Crippen LogP contribution in [0.15, 0.2) is 33.8 Å². The molecule has 1 fully saturated rings. The molecule has 152 valence electrons. The van der Waals surface area contributed by atoms with Crippen LogP contribution in [0.3, 0.4) is 0 Å². The first kappa shape index (κ1) is 21.0. The van der Waals surface area contributed by atoms with E-state index < -0.39 is 0 Å². The summed E-state index contributed by atoms with van der Waals surface area (Å²) in [5.74, 6) is 2.63. The number of hydrogen-bond acceptors (Lipinski definition) is 4. The van der Waals surface area contributed by atoms with Crippen LogP contribution in [0, 0.1) is 13.8 Å². The highest BCUT2D eigenvalue weighted by Crippen LogP contribution is 2.46. The highest BCUT2D eigenvalue weighted by atomic mass is 127. The van der Waals surface area contributed by atoms with Crippen LogP contribution in [0.4, 0.5) is 0 Å². The number of nitrogens with zero attached hydrogens (tertiary/aromatic N) is 2. The molecule has 7 heteroatoms. The topological polar surface area (TPSA) is 71.7 Å². The molecule has 2 heterocycles. The number of aliphatic imine (C=N–C) groups is 1. The fraction of sp³-hybridized carbons (Fsp3) is 0.524. The summed E-state index contributed by atoms with van der Waals surface area (Å²) in [5, 5.41) is 11.1. The molecule has 1 saturated carbocycles. The zero-order chi connectivity index (χ0) is 18.9. The van der Waals surface area contributed by atoms with E-state index in [1.807, 2.05) is 19.9 Å². The number of hydrogen-bond donors (Lipinski definition) is 2. The van der Waals surface area contributed by atoms with Crippen molar-refractivity contribution in [3.63, 3.8) is 0 Å². The summed E-state index contributed by atoms with van der Waals surface area (Å²) in [6.07, 6.45) is 5.72. The van der Waals surface area contributed by atoms with Crippen LogP contribution in [0.5, 0.6) is 5.75 Å². The molecule has 0 radical (unpaired) electrons. The molecule has 6 nitrogen and oxygen atoms in total. The zero-order valence-electron chi connectivity index (χ0n) is 16.7. The number of aryl methyl sites for hydroxylation is 2. The molecule has 1 aliphatic carbocycles. The molecule has 0 amide bonds. The molecule has 1 aromatic carbocycles. The Morgan fingerprint density at radius 1 is 1.25 bits per heavy atom. The average molecular weight is 496 g/mol.